The van der Waals surface area contributed by atoms with Gasteiger partial charge in [0.25, 0.3) is 0 Å². The Balaban J connectivity index is 1.80. The zero-order valence-electron chi connectivity index (χ0n) is 14.3. The highest BCUT2D eigenvalue weighted by atomic mass is 16.1. The largest absolute Gasteiger partial charge is 0.326 e. The van der Waals surface area contributed by atoms with Gasteiger partial charge in [-0.25, -0.2) is 4.68 Å². The van der Waals surface area contributed by atoms with Gasteiger partial charge in [0.05, 0.1) is 17.8 Å². The summed E-state index contributed by atoms with van der Waals surface area (Å²) in [5.74, 6) is 2.48. The zero-order chi connectivity index (χ0) is 17.8. The van der Waals surface area contributed by atoms with Crippen LogP contribution in [0.3, 0.4) is 0 Å². The monoisotopic (exact) mass is 329 g/mol. The molecule has 0 fully saturated rings. The van der Waals surface area contributed by atoms with Crippen molar-refractivity contribution in [3.8, 4) is 18.0 Å². The molecule has 25 heavy (non-hydrogen) atoms. The Morgan fingerprint density at radius 2 is 1.92 bits per heavy atom. The number of hydrogen-bond donors (Lipinski definition) is 1. The molecule has 0 aliphatic rings. The Morgan fingerprint density at radius 3 is 2.64 bits per heavy atom. The summed E-state index contributed by atoms with van der Waals surface area (Å²) < 4.78 is 1.87. The van der Waals surface area contributed by atoms with Crippen LogP contribution in [0.5, 0.6) is 0 Å². The topological polar surface area (TPSA) is 46.9 Å². The fourth-order valence-electron chi connectivity index (χ4n) is 2.80. The number of nitrogens with zero attached hydrogens (tertiary/aromatic N) is 2. The number of aryl methyl sites for hydroxylation is 1. The van der Waals surface area contributed by atoms with Crippen molar-refractivity contribution in [2.24, 2.45) is 0 Å². The highest BCUT2D eigenvalue weighted by Gasteiger charge is 2.16. The van der Waals surface area contributed by atoms with Gasteiger partial charge in [-0.3, -0.25) is 4.79 Å². The summed E-state index contributed by atoms with van der Waals surface area (Å²) >= 11 is 0. The molecule has 1 heterocycles. The van der Waals surface area contributed by atoms with Crippen molar-refractivity contribution in [1.29, 1.82) is 0 Å². The maximum atomic E-state index is 12.4. The van der Waals surface area contributed by atoms with E-state index in [2.05, 4.69) is 16.3 Å². The van der Waals surface area contributed by atoms with E-state index in [-0.39, 0.29) is 12.3 Å². The minimum absolute atomic E-state index is 0.0898. The maximum absolute atomic E-state index is 12.4. The van der Waals surface area contributed by atoms with Crippen LogP contribution in [0.25, 0.3) is 5.69 Å². The second-order valence-corrected chi connectivity index (χ2v) is 5.85. The van der Waals surface area contributed by atoms with Crippen LogP contribution in [-0.4, -0.2) is 15.7 Å². The van der Waals surface area contributed by atoms with Gasteiger partial charge in [-0.2, -0.15) is 5.10 Å². The summed E-state index contributed by atoms with van der Waals surface area (Å²) in [6, 6.07) is 17.2. The van der Waals surface area contributed by atoms with Crippen molar-refractivity contribution >= 4 is 11.6 Å². The van der Waals surface area contributed by atoms with E-state index >= 15 is 0 Å². The van der Waals surface area contributed by atoms with E-state index in [0.29, 0.717) is 5.69 Å². The molecule has 0 aliphatic carbocycles. The van der Waals surface area contributed by atoms with Gasteiger partial charge in [0, 0.05) is 22.5 Å². The van der Waals surface area contributed by atoms with E-state index in [1.165, 1.54) is 0 Å². The lowest BCUT2D eigenvalue weighted by Crippen LogP contribution is -2.15. The van der Waals surface area contributed by atoms with Crippen molar-refractivity contribution < 1.29 is 4.79 Å². The number of carbonyl (C=O) groups is 1. The van der Waals surface area contributed by atoms with Crippen LogP contribution < -0.4 is 5.32 Å². The Kier molecular flexibility index (Phi) is 4.67. The van der Waals surface area contributed by atoms with Crippen LogP contribution >= 0.6 is 0 Å². The summed E-state index contributed by atoms with van der Waals surface area (Å²) in [7, 11) is 0. The number of carbonyl (C=O) groups excluding carboxylic acids is 1. The fourth-order valence-corrected chi connectivity index (χ4v) is 2.80. The number of para-hydroxylation sites is 1. The average molecular weight is 329 g/mol. The van der Waals surface area contributed by atoms with E-state index < -0.39 is 0 Å². The number of aromatic nitrogens is 2. The van der Waals surface area contributed by atoms with Gasteiger partial charge >= 0.3 is 0 Å². The number of rotatable bonds is 4. The van der Waals surface area contributed by atoms with Gasteiger partial charge in [-0.05, 0) is 44.2 Å². The second kappa shape index (κ2) is 7.06. The lowest BCUT2D eigenvalue weighted by atomic mass is 10.1. The predicted octanol–water partition coefficient (Wildman–Crippen LogP) is 3.65. The Bertz CT molecular complexity index is 949. The van der Waals surface area contributed by atoms with Crippen LogP contribution in [0, 0.1) is 26.2 Å². The van der Waals surface area contributed by atoms with E-state index in [1.54, 1.807) is 6.07 Å². The van der Waals surface area contributed by atoms with E-state index in [1.807, 2.05) is 67.1 Å². The van der Waals surface area contributed by atoms with Crippen LogP contribution in [0.15, 0.2) is 54.6 Å². The molecule has 2 aromatic carbocycles. The first-order valence-electron chi connectivity index (χ1n) is 8.05. The fraction of sp³-hybridized carbons (Fsp3) is 0.143. The Labute approximate surface area is 147 Å². The molecule has 4 nitrogen and oxygen atoms in total. The highest BCUT2D eigenvalue weighted by molar-refractivity contribution is 5.92. The van der Waals surface area contributed by atoms with Gasteiger partial charge in [-0.15, -0.1) is 6.42 Å². The first-order chi connectivity index (χ1) is 12.1. The molecular formula is C21H19N3O. The van der Waals surface area contributed by atoms with Crippen molar-refractivity contribution in [2.45, 2.75) is 20.3 Å². The number of hydrogen-bond acceptors (Lipinski definition) is 2. The molecule has 0 spiro atoms. The van der Waals surface area contributed by atoms with Crippen LogP contribution in [0.1, 0.15) is 22.5 Å². The van der Waals surface area contributed by atoms with Crippen molar-refractivity contribution in [1.82, 2.24) is 9.78 Å². The minimum atomic E-state index is -0.0898. The molecule has 0 aliphatic heterocycles. The first kappa shape index (κ1) is 16.5. The number of nitrogens with one attached hydrogen (secondary N) is 1. The molecule has 3 aromatic rings. The van der Waals surface area contributed by atoms with Crippen molar-refractivity contribution in [3.63, 3.8) is 0 Å². The Morgan fingerprint density at radius 1 is 1.16 bits per heavy atom. The number of anilines is 1. The average Bonchev–Trinajstić information content (AvgIpc) is 2.91. The van der Waals surface area contributed by atoms with Crippen molar-refractivity contribution in [3.05, 3.63) is 77.1 Å². The summed E-state index contributed by atoms with van der Waals surface area (Å²) in [5.41, 5.74) is 5.18. The smallest absolute Gasteiger partial charge is 0.228 e. The van der Waals surface area contributed by atoms with Gasteiger partial charge in [0.15, 0.2) is 0 Å². The standard InChI is InChI=1S/C21H19N3O/c1-4-17-9-8-10-18(13-17)22-21(25)14-20-15(2)23-24(16(20)3)19-11-6-5-7-12-19/h1,5-13H,14H2,2-3H3,(H,22,25). The van der Waals surface area contributed by atoms with E-state index in [9.17, 15) is 4.79 Å². The SMILES string of the molecule is C#Cc1cccc(NC(=O)Cc2c(C)nn(-c3ccccc3)c2C)c1. The third-order valence-electron chi connectivity index (χ3n) is 4.09. The number of benzene rings is 2. The first-order valence-corrected chi connectivity index (χ1v) is 8.05. The van der Waals surface area contributed by atoms with Crippen LogP contribution in [0.2, 0.25) is 0 Å². The normalized spacial score (nSPS) is 10.3. The van der Waals surface area contributed by atoms with Crippen LogP contribution in [-0.2, 0) is 11.2 Å². The van der Waals surface area contributed by atoms with Gasteiger partial charge in [0.1, 0.15) is 0 Å². The van der Waals surface area contributed by atoms with Gasteiger partial charge in [0.2, 0.25) is 5.91 Å². The summed E-state index contributed by atoms with van der Waals surface area (Å²) in [6.45, 7) is 3.91. The number of amides is 1. The van der Waals surface area contributed by atoms with E-state index in [4.69, 9.17) is 6.42 Å². The zero-order valence-corrected chi connectivity index (χ0v) is 14.3. The molecule has 0 atom stereocenters. The van der Waals surface area contributed by atoms with Gasteiger partial charge in [-0.1, -0.05) is 30.2 Å². The summed E-state index contributed by atoms with van der Waals surface area (Å²) in [6.07, 6.45) is 5.67. The molecule has 0 bridgehead atoms. The molecule has 4 heteroatoms. The predicted molar refractivity (Wildman–Crippen MR) is 99.7 cm³/mol. The molecule has 1 N–H and O–H groups in total. The lowest BCUT2D eigenvalue weighted by molar-refractivity contribution is -0.115. The summed E-state index contributed by atoms with van der Waals surface area (Å²) in [4.78, 5) is 12.4. The molecule has 3 rings (SSSR count). The van der Waals surface area contributed by atoms with Gasteiger partial charge < -0.3 is 5.32 Å². The molecule has 124 valence electrons. The third kappa shape index (κ3) is 3.61. The van der Waals surface area contributed by atoms with Crippen LogP contribution in [0.4, 0.5) is 5.69 Å². The quantitative estimate of drug-likeness (QED) is 0.743. The molecule has 0 saturated carbocycles. The Hall–Kier alpha value is -3.32. The van der Waals surface area contributed by atoms with Crippen molar-refractivity contribution in [2.75, 3.05) is 5.32 Å². The number of terminal acetylenes is 1. The molecule has 0 unspecified atom stereocenters. The molecule has 1 aromatic heterocycles. The lowest BCUT2D eigenvalue weighted by Gasteiger charge is -2.07. The molecule has 0 saturated heterocycles. The minimum Gasteiger partial charge on any atom is -0.326 e. The molecule has 1 amide bonds. The second-order valence-electron chi connectivity index (χ2n) is 5.85. The molecule has 0 radical (unpaired) electrons. The van der Waals surface area contributed by atoms with E-state index in [0.717, 1.165) is 28.2 Å². The third-order valence-corrected chi connectivity index (χ3v) is 4.09. The highest BCUT2D eigenvalue weighted by Crippen LogP contribution is 2.19. The summed E-state index contributed by atoms with van der Waals surface area (Å²) in [5, 5.41) is 7.48. The molecular weight excluding hydrogens is 310 g/mol. The maximum Gasteiger partial charge on any atom is 0.228 e.